The zero-order valence-corrected chi connectivity index (χ0v) is 10.0. The van der Waals surface area contributed by atoms with E-state index >= 15 is 0 Å². The Kier molecular flexibility index (Phi) is 3.71. The van der Waals surface area contributed by atoms with Gasteiger partial charge < -0.3 is 10.5 Å². The quantitative estimate of drug-likeness (QED) is 0.593. The normalized spacial score (nSPS) is 21.4. The van der Waals surface area contributed by atoms with Gasteiger partial charge in [0, 0.05) is 25.8 Å². The monoisotopic (exact) mass is 234 g/mol. The lowest BCUT2D eigenvalue weighted by molar-refractivity contribution is -0.0212. The maximum absolute atomic E-state index is 7.37. The number of hydrogen-bond acceptors (Lipinski definition) is 4. The van der Waals surface area contributed by atoms with Crippen molar-refractivity contribution in [3.05, 3.63) is 29.6 Å². The third-order valence-electron chi connectivity index (χ3n) is 2.83. The van der Waals surface area contributed by atoms with Crippen molar-refractivity contribution < 1.29 is 4.74 Å². The Balaban J connectivity index is 2.02. The molecule has 1 aliphatic heterocycles. The number of ether oxygens (including phenoxy) is 1. The summed E-state index contributed by atoms with van der Waals surface area (Å²) in [7, 11) is 0. The van der Waals surface area contributed by atoms with Crippen LogP contribution in [0, 0.1) is 5.41 Å². The lowest BCUT2D eigenvalue weighted by atomic mass is 10.2. The number of nitrogens with two attached hydrogens (primary N) is 1. The summed E-state index contributed by atoms with van der Waals surface area (Å²) in [6.45, 7) is 5.61. The molecule has 1 fully saturated rings. The van der Waals surface area contributed by atoms with Crippen LogP contribution in [-0.4, -0.2) is 41.5 Å². The lowest BCUT2D eigenvalue weighted by Gasteiger charge is -2.31. The highest BCUT2D eigenvalue weighted by molar-refractivity contribution is 5.93. The van der Waals surface area contributed by atoms with Crippen molar-refractivity contribution in [2.75, 3.05) is 19.7 Å². The lowest BCUT2D eigenvalue weighted by Crippen LogP contribution is -2.40. The van der Waals surface area contributed by atoms with Crippen LogP contribution < -0.4 is 5.73 Å². The Labute approximate surface area is 101 Å². The molecule has 1 aromatic rings. The fourth-order valence-electron chi connectivity index (χ4n) is 2.01. The first-order chi connectivity index (χ1) is 8.15. The minimum atomic E-state index is 0.0159. The zero-order valence-electron chi connectivity index (χ0n) is 10.0. The van der Waals surface area contributed by atoms with Gasteiger partial charge >= 0.3 is 0 Å². The van der Waals surface area contributed by atoms with Crippen LogP contribution in [0.15, 0.2) is 18.3 Å². The van der Waals surface area contributed by atoms with Gasteiger partial charge in [0.2, 0.25) is 0 Å². The Bertz CT molecular complexity index is 407. The molecule has 2 rings (SSSR count). The van der Waals surface area contributed by atoms with Crippen molar-refractivity contribution in [1.82, 2.24) is 9.88 Å². The van der Waals surface area contributed by atoms with E-state index in [1.54, 1.807) is 6.20 Å². The smallest absolute Gasteiger partial charge is 0.141 e. The summed E-state index contributed by atoms with van der Waals surface area (Å²) < 4.78 is 5.50. The molecule has 0 aliphatic carbocycles. The van der Waals surface area contributed by atoms with E-state index in [0.29, 0.717) is 5.69 Å². The first kappa shape index (κ1) is 12.0. The topological polar surface area (TPSA) is 75.2 Å². The Morgan fingerprint density at radius 3 is 3.24 bits per heavy atom. The highest BCUT2D eigenvalue weighted by atomic mass is 16.5. The van der Waals surface area contributed by atoms with Gasteiger partial charge in [-0.05, 0) is 24.6 Å². The van der Waals surface area contributed by atoms with E-state index in [2.05, 4.69) is 16.8 Å². The summed E-state index contributed by atoms with van der Waals surface area (Å²) in [5, 5.41) is 7.37. The fourth-order valence-corrected chi connectivity index (χ4v) is 2.01. The molecule has 1 saturated heterocycles. The second-order valence-electron chi connectivity index (χ2n) is 4.38. The van der Waals surface area contributed by atoms with E-state index in [-0.39, 0.29) is 11.9 Å². The third kappa shape index (κ3) is 3.25. The van der Waals surface area contributed by atoms with Crippen molar-refractivity contribution in [3.8, 4) is 0 Å². The molecule has 92 valence electrons. The summed E-state index contributed by atoms with van der Waals surface area (Å²) in [6.07, 6.45) is 1.99. The predicted octanol–water partition coefficient (Wildman–Crippen LogP) is 0.586. The van der Waals surface area contributed by atoms with E-state index in [4.69, 9.17) is 15.9 Å². The maximum Gasteiger partial charge on any atom is 0.141 e. The molecule has 0 spiro atoms. The van der Waals surface area contributed by atoms with Gasteiger partial charge in [-0.2, -0.15) is 0 Å². The maximum atomic E-state index is 7.37. The first-order valence-electron chi connectivity index (χ1n) is 5.78. The standard InChI is InChI=1S/C12H18N4O/c1-9-7-16(4-5-17-9)8-10-2-3-15-11(6-10)12(13)14/h2-3,6,9H,4-5,7-8H2,1H3,(H3,13,14). The van der Waals surface area contributed by atoms with Crippen molar-refractivity contribution in [2.45, 2.75) is 19.6 Å². The van der Waals surface area contributed by atoms with E-state index in [9.17, 15) is 0 Å². The number of amidine groups is 1. The first-order valence-corrected chi connectivity index (χ1v) is 5.78. The number of hydrogen-bond donors (Lipinski definition) is 2. The van der Waals surface area contributed by atoms with Gasteiger partial charge in [-0.15, -0.1) is 0 Å². The molecule has 17 heavy (non-hydrogen) atoms. The van der Waals surface area contributed by atoms with Crippen LogP contribution in [0.25, 0.3) is 0 Å². The van der Waals surface area contributed by atoms with Crippen molar-refractivity contribution in [3.63, 3.8) is 0 Å². The molecule has 1 aromatic heterocycles. The van der Waals surface area contributed by atoms with Crippen LogP contribution in [0.2, 0.25) is 0 Å². The number of morpholine rings is 1. The van der Waals surface area contributed by atoms with Crippen LogP contribution in [0.3, 0.4) is 0 Å². The van der Waals surface area contributed by atoms with Crippen molar-refractivity contribution >= 4 is 5.84 Å². The minimum absolute atomic E-state index is 0.0159. The second kappa shape index (κ2) is 5.25. The molecular formula is C12H18N4O. The van der Waals surface area contributed by atoms with Crippen LogP contribution in [0.4, 0.5) is 0 Å². The SMILES string of the molecule is CC1CN(Cc2ccnc(C(=N)N)c2)CCO1. The van der Waals surface area contributed by atoms with Gasteiger partial charge in [0.1, 0.15) is 11.5 Å². The zero-order chi connectivity index (χ0) is 12.3. The molecule has 1 atom stereocenters. The number of aromatic nitrogens is 1. The van der Waals surface area contributed by atoms with Gasteiger partial charge in [0.25, 0.3) is 0 Å². The van der Waals surface area contributed by atoms with Gasteiger partial charge in [0.05, 0.1) is 12.7 Å². The molecule has 1 aliphatic rings. The van der Waals surface area contributed by atoms with Crippen molar-refractivity contribution in [2.24, 2.45) is 5.73 Å². The summed E-state index contributed by atoms with van der Waals surface area (Å²) in [6, 6.07) is 3.84. The predicted molar refractivity (Wildman–Crippen MR) is 65.9 cm³/mol. The number of rotatable bonds is 3. The number of nitrogens with zero attached hydrogens (tertiary/aromatic N) is 2. The molecule has 0 radical (unpaired) electrons. The Hall–Kier alpha value is -1.46. The molecule has 2 heterocycles. The van der Waals surface area contributed by atoms with Gasteiger partial charge in [0.15, 0.2) is 0 Å². The van der Waals surface area contributed by atoms with Crippen LogP contribution in [-0.2, 0) is 11.3 Å². The molecule has 0 saturated carbocycles. The van der Waals surface area contributed by atoms with Crippen LogP contribution in [0.5, 0.6) is 0 Å². The van der Waals surface area contributed by atoms with E-state index in [0.717, 1.165) is 31.8 Å². The highest BCUT2D eigenvalue weighted by Gasteiger charge is 2.16. The molecule has 0 aromatic carbocycles. The Morgan fingerprint density at radius 2 is 2.53 bits per heavy atom. The molecular weight excluding hydrogens is 216 g/mol. The molecule has 5 heteroatoms. The molecule has 3 N–H and O–H groups in total. The molecule has 5 nitrogen and oxygen atoms in total. The van der Waals surface area contributed by atoms with E-state index in [1.165, 1.54) is 0 Å². The number of pyridine rings is 1. The number of nitrogens with one attached hydrogen (secondary N) is 1. The largest absolute Gasteiger partial charge is 0.382 e. The minimum Gasteiger partial charge on any atom is -0.382 e. The molecule has 1 unspecified atom stereocenters. The van der Waals surface area contributed by atoms with Gasteiger partial charge in [-0.1, -0.05) is 0 Å². The van der Waals surface area contributed by atoms with Gasteiger partial charge in [-0.3, -0.25) is 15.3 Å². The van der Waals surface area contributed by atoms with E-state index < -0.39 is 0 Å². The van der Waals surface area contributed by atoms with Crippen LogP contribution in [0.1, 0.15) is 18.2 Å². The summed E-state index contributed by atoms with van der Waals surface area (Å²) in [5.74, 6) is 0.0159. The molecule has 0 bridgehead atoms. The van der Waals surface area contributed by atoms with Crippen molar-refractivity contribution in [1.29, 1.82) is 5.41 Å². The fraction of sp³-hybridized carbons (Fsp3) is 0.500. The number of nitrogen functional groups attached to an aromatic ring is 1. The van der Waals surface area contributed by atoms with Gasteiger partial charge in [-0.25, -0.2) is 0 Å². The summed E-state index contributed by atoms with van der Waals surface area (Å²) >= 11 is 0. The molecule has 0 amide bonds. The van der Waals surface area contributed by atoms with E-state index in [1.807, 2.05) is 12.1 Å². The highest BCUT2D eigenvalue weighted by Crippen LogP contribution is 2.10. The second-order valence-corrected chi connectivity index (χ2v) is 4.38. The van der Waals surface area contributed by atoms with Crippen LogP contribution >= 0.6 is 0 Å². The third-order valence-corrected chi connectivity index (χ3v) is 2.83. The average molecular weight is 234 g/mol. The summed E-state index contributed by atoms with van der Waals surface area (Å²) in [5.41, 5.74) is 7.11. The summed E-state index contributed by atoms with van der Waals surface area (Å²) in [4.78, 5) is 6.39. The Morgan fingerprint density at radius 1 is 1.71 bits per heavy atom. The average Bonchev–Trinajstić information content (AvgIpc) is 2.29.